The molecule has 1 aromatic carbocycles. The number of rotatable bonds is 5. The van der Waals surface area contributed by atoms with Crippen molar-refractivity contribution in [2.45, 2.75) is 26.6 Å². The zero-order chi connectivity index (χ0) is 17.7. The average molecular weight is 339 g/mol. The molecule has 24 heavy (non-hydrogen) atoms. The van der Waals surface area contributed by atoms with Crippen LogP contribution in [0.4, 0.5) is 13.2 Å². The Morgan fingerprint density at radius 2 is 2.12 bits per heavy atom. The molecule has 0 amide bonds. The average Bonchev–Trinajstić information content (AvgIpc) is 2.90. The number of hydrogen-bond donors (Lipinski definition) is 0. The number of esters is 1. The molecule has 0 radical (unpaired) electrons. The molecule has 0 saturated heterocycles. The minimum Gasteiger partial charge on any atom is -0.463 e. The molecule has 0 fully saturated rings. The van der Waals surface area contributed by atoms with Crippen molar-refractivity contribution in [2.75, 3.05) is 6.61 Å². The van der Waals surface area contributed by atoms with Gasteiger partial charge >= 0.3 is 12.1 Å². The number of halogens is 3. The highest BCUT2D eigenvalue weighted by Crippen LogP contribution is 2.31. The fourth-order valence-electron chi connectivity index (χ4n) is 2.08. The maximum Gasteiger partial charge on any atom is 0.416 e. The Kier molecular flexibility index (Phi) is 5.38. The summed E-state index contributed by atoms with van der Waals surface area (Å²) in [5.41, 5.74) is 0.743. The second-order valence-electron chi connectivity index (χ2n) is 5.05. The monoisotopic (exact) mass is 339 g/mol. The van der Waals surface area contributed by atoms with Gasteiger partial charge in [-0.2, -0.15) is 13.2 Å². The maximum absolute atomic E-state index is 12.9. The first-order chi connectivity index (χ1) is 11.3. The lowest BCUT2D eigenvalue weighted by molar-refractivity contribution is -0.138. The van der Waals surface area contributed by atoms with Crippen molar-refractivity contribution in [3.05, 3.63) is 52.9 Å². The third kappa shape index (κ3) is 4.68. The van der Waals surface area contributed by atoms with Crippen molar-refractivity contribution in [1.29, 1.82) is 0 Å². The minimum atomic E-state index is -4.45. The van der Waals surface area contributed by atoms with E-state index in [1.54, 1.807) is 20.0 Å². The molecular weight excluding hydrogens is 323 g/mol. The molecule has 128 valence electrons. The molecule has 0 saturated carbocycles. The molecule has 0 aliphatic carbocycles. The number of nitrogens with zero attached hydrogens (tertiary/aromatic N) is 3. The smallest absolute Gasteiger partial charge is 0.416 e. The van der Waals surface area contributed by atoms with Crippen LogP contribution in [0.5, 0.6) is 0 Å². The largest absolute Gasteiger partial charge is 0.463 e. The van der Waals surface area contributed by atoms with Gasteiger partial charge in [-0.15, -0.1) is 5.10 Å². The number of alkyl halides is 3. The van der Waals surface area contributed by atoms with Crippen molar-refractivity contribution in [2.24, 2.45) is 0 Å². The van der Waals surface area contributed by atoms with Gasteiger partial charge in [0.15, 0.2) is 0 Å². The van der Waals surface area contributed by atoms with Gasteiger partial charge in [-0.25, -0.2) is 9.48 Å². The summed E-state index contributed by atoms with van der Waals surface area (Å²) in [6, 6.07) is 3.33. The van der Waals surface area contributed by atoms with Gasteiger partial charge in [0.25, 0.3) is 0 Å². The van der Waals surface area contributed by atoms with Crippen LogP contribution in [0.2, 0.25) is 0 Å². The fourth-order valence-corrected chi connectivity index (χ4v) is 2.08. The summed E-state index contributed by atoms with van der Waals surface area (Å²) in [7, 11) is 0. The number of ether oxygens (including phenoxy) is 1. The van der Waals surface area contributed by atoms with E-state index in [-0.39, 0.29) is 13.2 Å². The highest BCUT2D eigenvalue weighted by Gasteiger charge is 2.30. The first-order valence-corrected chi connectivity index (χ1v) is 7.21. The topological polar surface area (TPSA) is 57.0 Å². The van der Waals surface area contributed by atoms with Gasteiger partial charge in [-0.1, -0.05) is 11.3 Å². The predicted octanol–water partition coefficient (Wildman–Crippen LogP) is 3.23. The summed E-state index contributed by atoms with van der Waals surface area (Å²) >= 11 is 0. The summed E-state index contributed by atoms with van der Waals surface area (Å²) in [6.45, 7) is 3.73. The summed E-state index contributed by atoms with van der Waals surface area (Å²) in [4.78, 5) is 11.4. The van der Waals surface area contributed by atoms with Crippen LogP contribution in [0.1, 0.15) is 29.3 Å². The van der Waals surface area contributed by atoms with Crippen LogP contribution in [0.3, 0.4) is 0 Å². The summed E-state index contributed by atoms with van der Waals surface area (Å²) in [6.07, 6.45) is -0.213. The fraction of sp³-hybridized carbons (Fsp3) is 0.312. The Hall–Kier alpha value is -2.64. The molecule has 2 rings (SSSR count). The summed E-state index contributed by atoms with van der Waals surface area (Å²) < 4.78 is 45.0. The number of aryl methyl sites for hydroxylation is 1. The molecule has 1 heterocycles. The van der Waals surface area contributed by atoms with Crippen LogP contribution in [-0.2, 0) is 22.3 Å². The van der Waals surface area contributed by atoms with Crippen molar-refractivity contribution >= 4 is 12.0 Å². The molecule has 0 atom stereocenters. The molecule has 8 heteroatoms. The molecule has 2 aromatic rings. The van der Waals surface area contributed by atoms with E-state index in [1.165, 1.54) is 22.9 Å². The standard InChI is InChI=1S/C16H16F3N3O2/c1-3-24-15(23)7-5-12-4-6-14(16(17,18)19)8-13(12)10-22-9-11(2)20-21-22/h4-9H,3,10H2,1-2H3/b7-5+. The molecule has 0 unspecified atom stereocenters. The molecule has 0 N–H and O–H groups in total. The Labute approximate surface area is 136 Å². The molecular formula is C16H16F3N3O2. The zero-order valence-electron chi connectivity index (χ0n) is 13.2. The van der Waals surface area contributed by atoms with Gasteiger partial charge in [-0.05, 0) is 43.2 Å². The Balaban J connectivity index is 2.36. The SMILES string of the molecule is CCOC(=O)/C=C/c1ccc(C(F)(F)F)cc1Cn1cc(C)nn1. The quantitative estimate of drug-likeness (QED) is 0.620. The number of aromatic nitrogens is 3. The van der Waals surface area contributed by atoms with Crippen LogP contribution in [-0.4, -0.2) is 27.6 Å². The Bertz CT molecular complexity index is 751. The van der Waals surface area contributed by atoms with Crippen molar-refractivity contribution in [3.8, 4) is 0 Å². The Morgan fingerprint density at radius 3 is 2.71 bits per heavy atom. The van der Waals surface area contributed by atoms with Gasteiger partial charge < -0.3 is 4.74 Å². The maximum atomic E-state index is 12.9. The molecule has 0 aliphatic rings. The first-order valence-electron chi connectivity index (χ1n) is 7.21. The number of hydrogen-bond acceptors (Lipinski definition) is 4. The van der Waals surface area contributed by atoms with E-state index in [0.29, 0.717) is 16.8 Å². The van der Waals surface area contributed by atoms with Gasteiger partial charge in [0.05, 0.1) is 24.4 Å². The van der Waals surface area contributed by atoms with Gasteiger partial charge in [0.2, 0.25) is 0 Å². The molecule has 5 nitrogen and oxygen atoms in total. The second kappa shape index (κ2) is 7.29. The van der Waals surface area contributed by atoms with E-state index in [9.17, 15) is 18.0 Å². The minimum absolute atomic E-state index is 0.104. The van der Waals surface area contributed by atoms with Gasteiger partial charge in [0.1, 0.15) is 0 Å². The lowest BCUT2D eigenvalue weighted by atomic mass is 10.0. The van der Waals surface area contributed by atoms with Crippen LogP contribution in [0.15, 0.2) is 30.5 Å². The normalized spacial score (nSPS) is 11.9. The van der Waals surface area contributed by atoms with E-state index < -0.39 is 17.7 Å². The lowest BCUT2D eigenvalue weighted by Gasteiger charge is -2.11. The summed E-state index contributed by atoms with van der Waals surface area (Å²) in [5, 5.41) is 7.65. The van der Waals surface area contributed by atoms with Crippen molar-refractivity contribution < 1.29 is 22.7 Å². The zero-order valence-corrected chi connectivity index (χ0v) is 13.2. The molecule has 0 aliphatic heterocycles. The lowest BCUT2D eigenvalue weighted by Crippen LogP contribution is -2.09. The summed E-state index contributed by atoms with van der Waals surface area (Å²) in [5.74, 6) is -0.556. The Morgan fingerprint density at radius 1 is 1.38 bits per heavy atom. The first kappa shape index (κ1) is 17.7. The van der Waals surface area contributed by atoms with Crippen molar-refractivity contribution in [3.63, 3.8) is 0 Å². The van der Waals surface area contributed by atoms with Gasteiger partial charge in [-0.3, -0.25) is 0 Å². The second-order valence-corrected chi connectivity index (χ2v) is 5.05. The predicted molar refractivity (Wildman–Crippen MR) is 81.0 cm³/mol. The van der Waals surface area contributed by atoms with Crippen molar-refractivity contribution in [1.82, 2.24) is 15.0 Å². The van der Waals surface area contributed by atoms with Crippen LogP contribution in [0.25, 0.3) is 6.08 Å². The third-order valence-electron chi connectivity index (χ3n) is 3.14. The molecule has 0 spiro atoms. The third-order valence-corrected chi connectivity index (χ3v) is 3.14. The number of carbonyl (C=O) groups excluding carboxylic acids is 1. The van der Waals surface area contributed by atoms with Crippen LogP contribution < -0.4 is 0 Å². The van der Waals surface area contributed by atoms with E-state index in [4.69, 9.17) is 4.74 Å². The van der Waals surface area contributed by atoms with Crippen LogP contribution >= 0.6 is 0 Å². The molecule has 0 bridgehead atoms. The number of benzene rings is 1. The van der Waals surface area contributed by atoms with E-state index in [2.05, 4.69) is 10.3 Å². The highest BCUT2D eigenvalue weighted by atomic mass is 19.4. The van der Waals surface area contributed by atoms with E-state index >= 15 is 0 Å². The van der Waals surface area contributed by atoms with E-state index in [1.807, 2.05) is 0 Å². The van der Waals surface area contributed by atoms with Crippen LogP contribution in [0, 0.1) is 6.92 Å². The number of carbonyl (C=O) groups is 1. The van der Waals surface area contributed by atoms with E-state index in [0.717, 1.165) is 12.1 Å². The van der Waals surface area contributed by atoms with Gasteiger partial charge in [0, 0.05) is 12.3 Å². The molecule has 1 aromatic heterocycles. The highest BCUT2D eigenvalue weighted by molar-refractivity contribution is 5.87.